The third-order valence-corrected chi connectivity index (χ3v) is 2.80. The van der Waals surface area contributed by atoms with Crippen LogP contribution in [-0.4, -0.2) is 37.6 Å². The number of para-hydroxylation sites is 1. The quantitative estimate of drug-likeness (QED) is 0.779. The summed E-state index contributed by atoms with van der Waals surface area (Å²) in [6.45, 7) is 3.54. The first-order chi connectivity index (χ1) is 8.65. The molecule has 0 aliphatic heterocycles. The summed E-state index contributed by atoms with van der Waals surface area (Å²) in [5.41, 5.74) is 5.47. The smallest absolute Gasteiger partial charge is 0.226 e. The fourth-order valence-corrected chi connectivity index (χ4v) is 1.60. The monoisotopic (exact) mass is 286 g/mol. The van der Waals surface area contributed by atoms with E-state index in [9.17, 15) is 4.79 Å². The number of hydrogen-bond acceptors (Lipinski definition) is 3. The molecule has 5 heteroatoms. The molecule has 1 aromatic rings. The highest BCUT2D eigenvalue weighted by molar-refractivity contribution is 5.85. The number of benzene rings is 1. The Bertz CT molecular complexity index is 360. The van der Waals surface area contributed by atoms with Gasteiger partial charge in [-0.2, -0.15) is 0 Å². The first kappa shape index (κ1) is 17.7. The number of amides is 1. The van der Waals surface area contributed by atoms with Crippen molar-refractivity contribution in [2.45, 2.75) is 13.3 Å². The van der Waals surface area contributed by atoms with E-state index >= 15 is 0 Å². The molecule has 1 atom stereocenters. The lowest BCUT2D eigenvalue weighted by molar-refractivity contribution is -0.133. The van der Waals surface area contributed by atoms with Crippen LogP contribution in [0.25, 0.3) is 0 Å². The Hall–Kier alpha value is -1.26. The number of hydrogen-bond donors (Lipinski definition) is 1. The van der Waals surface area contributed by atoms with Crippen molar-refractivity contribution in [3.8, 4) is 5.75 Å². The zero-order valence-corrected chi connectivity index (χ0v) is 12.4. The van der Waals surface area contributed by atoms with Crippen LogP contribution in [0.5, 0.6) is 5.75 Å². The minimum atomic E-state index is -0.106. The Morgan fingerprint density at radius 3 is 2.58 bits per heavy atom. The van der Waals surface area contributed by atoms with Gasteiger partial charge in [0.2, 0.25) is 5.91 Å². The van der Waals surface area contributed by atoms with Crippen molar-refractivity contribution in [2.24, 2.45) is 11.7 Å². The van der Waals surface area contributed by atoms with E-state index in [0.29, 0.717) is 19.7 Å². The number of carbonyl (C=O) groups is 1. The standard InChI is InChI=1S/C14H22N2O2.ClH/c1-12(11-15)14(17)16(2)9-6-10-18-13-7-4-3-5-8-13;/h3-5,7-8,12H,6,9-11,15H2,1-2H3;1H. The second-order valence-electron chi connectivity index (χ2n) is 4.41. The summed E-state index contributed by atoms with van der Waals surface area (Å²) >= 11 is 0. The van der Waals surface area contributed by atoms with E-state index in [1.54, 1.807) is 11.9 Å². The molecule has 108 valence electrons. The van der Waals surface area contributed by atoms with Crippen LogP contribution in [0.15, 0.2) is 30.3 Å². The number of ether oxygens (including phenoxy) is 1. The molecule has 0 heterocycles. The topological polar surface area (TPSA) is 55.6 Å². The molecule has 4 nitrogen and oxygen atoms in total. The van der Waals surface area contributed by atoms with Gasteiger partial charge >= 0.3 is 0 Å². The van der Waals surface area contributed by atoms with Gasteiger partial charge in [-0.05, 0) is 18.6 Å². The molecule has 2 N–H and O–H groups in total. The molecule has 0 saturated carbocycles. The molecule has 0 radical (unpaired) electrons. The van der Waals surface area contributed by atoms with Crippen molar-refractivity contribution in [1.82, 2.24) is 4.90 Å². The predicted octanol–water partition coefficient (Wildman–Crippen LogP) is 1.93. The van der Waals surface area contributed by atoms with E-state index in [0.717, 1.165) is 12.2 Å². The number of halogens is 1. The van der Waals surface area contributed by atoms with Crippen molar-refractivity contribution in [1.29, 1.82) is 0 Å². The molecule has 1 aromatic carbocycles. The van der Waals surface area contributed by atoms with Gasteiger partial charge in [0.05, 0.1) is 6.61 Å². The second kappa shape index (κ2) is 9.64. The Morgan fingerprint density at radius 2 is 2.00 bits per heavy atom. The van der Waals surface area contributed by atoms with Crippen LogP contribution in [0.4, 0.5) is 0 Å². The molecule has 19 heavy (non-hydrogen) atoms. The summed E-state index contributed by atoms with van der Waals surface area (Å²) in [6, 6.07) is 9.67. The average molecular weight is 287 g/mol. The van der Waals surface area contributed by atoms with Gasteiger partial charge in [-0.25, -0.2) is 0 Å². The maximum absolute atomic E-state index is 11.7. The van der Waals surface area contributed by atoms with Gasteiger partial charge in [0.25, 0.3) is 0 Å². The molecule has 1 rings (SSSR count). The summed E-state index contributed by atoms with van der Waals surface area (Å²) in [6.07, 6.45) is 0.814. The van der Waals surface area contributed by atoms with E-state index < -0.39 is 0 Å². The van der Waals surface area contributed by atoms with Crippen LogP contribution in [0.3, 0.4) is 0 Å². The highest BCUT2D eigenvalue weighted by atomic mass is 35.5. The third-order valence-electron chi connectivity index (χ3n) is 2.80. The van der Waals surface area contributed by atoms with E-state index in [1.807, 2.05) is 37.3 Å². The second-order valence-corrected chi connectivity index (χ2v) is 4.41. The van der Waals surface area contributed by atoms with Gasteiger partial charge < -0.3 is 15.4 Å². The van der Waals surface area contributed by atoms with Crippen molar-refractivity contribution in [3.05, 3.63) is 30.3 Å². The van der Waals surface area contributed by atoms with Gasteiger partial charge in [-0.1, -0.05) is 25.1 Å². The largest absolute Gasteiger partial charge is 0.494 e. The molecule has 0 fully saturated rings. The van der Waals surface area contributed by atoms with Crippen LogP contribution < -0.4 is 10.5 Å². The normalized spacial score (nSPS) is 11.3. The molecule has 0 bridgehead atoms. The average Bonchev–Trinajstić information content (AvgIpc) is 2.42. The first-order valence-electron chi connectivity index (χ1n) is 6.28. The zero-order valence-electron chi connectivity index (χ0n) is 11.5. The van der Waals surface area contributed by atoms with Crippen LogP contribution >= 0.6 is 12.4 Å². The molecule has 0 aromatic heterocycles. The Kier molecular flexibility index (Phi) is 9.00. The highest BCUT2D eigenvalue weighted by Crippen LogP contribution is 2.08. The molecule has 1 amide bonds. The molecule has 0 spiro atoms. The van der Waals surface area contributed by atoms with Crippen LogP contribution in [-0.2, 0) is 4.79 Å². The van der Waals surface area contributed by atoms with E-state index in [1.165, 1.54) is 0 Å². The third kappa shape index (κ3) is 6.45. The maximum Gasteiger partial charge on any atom is 0.226 e. The zero-order chi connectivity index (χ0) is 13.4. The number of nitrogens with zero attached hydrogens (tertiary/aromatic N) is 1. The van der Waals surface area contributed by atoms with Crippen molar-refractivity contribution < 1.29 is 9.53 Å². The van der Waals surface area contributed by atoms with Gasteiger partial charge in [0, 0.05) is 26.1 Å². The number of nitrogens with two attached hydrogens (primary N) is 1. The summed E-state index contributed by atoms with van der Waals surface area (Å²) in [5, 5.41) is 0. The maximum atomic E-state index is 11.7. The molecule has 0 aliphatic carbocycles. The van der Waals surface area contributed by atoms with E-state index in [4.69, 9.17) is 10.5 Å². The van der Waals surface area contributed by atoms with Crippen molar-refractivity contribution in [3.63, 3.8) is 0 Å². The van der Waals surface area contributed by atoms with Gasteiger partial charge in [0.15, 0.2) is 0 Å². The first-order valence-corrected chi connectivity index (χ1v) is 6.28. The Labute approximate surface area is 121 Å². The van der Waals surface area contributed by atoms with E-state index in [2.05, 4.69) is 0 Å². The number of rotatable bonds is 7. The molecule has 0 aliphatic rings. The lowest BCUT2D eigenvalue weighted by atomic mass is 10.1. The molecule has 0 saturated heterocycles. The van der Waals surface area contributed by atoms with Gasteiger partial charge in [0.1, 0.15) is 5.75 Å². The van der Waals surface area contributed by atoms with Crippen molar-refractivity contribution >= 4 is 18.3 Å². The van der Waals surface area contributed by atoms with Gasteiger partial charge in [-0.15, -0.1) is 12.4 Å². The summed E-state index contributed by atoms with van der Waals surface area (Å²) in [4.78, 5) is 13.5. The fraction of sp³-hybridized carbons (Fsp3) is 0.500. The van der Waals surface area contributed by atoms with Crippen LogP contribution in [0, 0.1) is 5.92 Å². The predicted molar refractivity (Wildman–Crippen MR) is 79.7 cm³/mol. The van der Waals surface area contributed by atoms with Crippen molar-refractivity contribution in [2.75, 3.05) is 26.7 Å². The SMILES string of the molecule is CC(CN)C(=O)N(C)CCCOc1ccccc1.Cl. The summed E-state index contributed by atoms with van der Waals surface area (Å²) in [7, 11) is 1.80. The van der Waals surface area contributed by atoms with Crippen LogP contribution in [0.1, 0.15) is 13.3 Å². The minimum absolute atomic E-state index is 0. The number of carbonyl (C=O) groups excluding carboxylic acids is 1. The fourth-order valence-electron chi connectivity index (χ4n) is 1.60. The van der Waals surface area contributed by atoms with Crippen LogP contribution in [0.2, 0.25) is 0 Å². The molecular weight excluding hydrogens is 264 g/mol. The van der Waals surface area contributed by atoms with Gasteiger partial charge in [-0.3, -0.25) is 4.79 Å². The summed E-state index contributed by atoms with van der Waals surface area (Å²) in [5.74, 6) is 0.851. The van der Waals surface area contributed by atoms with E-state index in [-0.39, 0.29) is 24.2 Å². The highest BCUT2D eigenvalue weighted by Gasteiger charge is 2.15. The minimum Gasteiger partial charge on any atom is -0.494 e. The summed E-state index contributed by atoms with van der Waals surface area (Å²) < 4.78 is 5.56. The lowest BCUT2D eigenvalue weighted by Gasteiger charge is -2.20. The molecule has 1 unspecified atom stereocenters. The Balaban J connectivity index is 0.00000324. The molecular formula is C14H23ClN2O2. The Morgan fingerprint density at radius 1 is 1.37 bits per heavy atom. The lowest BCUT2D eigenvalue weighted by Crippen LogP contribution is -2.36.